The van der Waals surface area contributed by atoms with Crippen LogP contribution in [0.3, 0.4) is 0 Å². The molecule has 0 saturated heterocycles. The van der Waals surface area contributed by atoms with E-state index in [0.717, 1.165) is 22.0 Å². The van der Waals surface area contributed by atoms with Gasteiger partial charge in [-0.25, -0.2) is 4.79 Å². The molecule has 3 rings (SSSR count). The quantitative estimate of drug-likeness (QED) is 0.325. The number of nitrogens with zero attached hydrogens (tertiary/aromatic N) is 2. The molecule has 0 aliphatic heterocycles. The van der Waals surface area contributed by atoms with Gasteiger partial charge in [0.2, 0.25) is 0 Å². The average Bonchev–Trinajstić information content (AvgIpc) is 3.00. The Labute approximate surface area is 167 Å². The zero-order valence-electron chi connectivity index (χ0n) is 14.6. The molecule has 136 valence electrons. The van der Waals surface area contributed by atoms with Crippen molar-refractivity contribution in [2.75, 3.05) is 6.61 Å². The lowest BCUT2D eigenvalue weighted by Gasteiger charge is -2.08. The van der Waals surface area contributed by atoms with Gasteiger partial charge in [0.1, 0.15) is 11.6 Å². The third-order valence-corrected chi connectivity index (χ3v) is 4.68. The van der Waals surface area contributed by atoms with Gasteiger partial charge in [-0.15, -0.1) is 0 Å². The van der Waals surface area contributed by atoms with Crippen LogP contribution in [0.2, 0.25) is 10.0 Å². The molecule has 0 spiro atoms. The van der Waals surface area contributed by atoms with Crippen molar-refractivity contribution in [3.8, 4) is 6.07 Å². The molecule has 0 N–H and O–H groups in total. The lowest BCUT2D eigenvalue weighted by atomic mass is 10.1. The fourth-order valence-electron chi connectivity index (χ4n) is 2.86. The Morgan fingerprint density at radius 2 is 2.04 bits per heavy atom. The van der Waals surface area contributed by atoms with Crippen molar-refractivity contribution in [2.45, 2.75) is 13.5 Å². The summed E-state index contributed by atoms with van der Waals surface area (Å²) >= 11 is 12.3. The second-order valence-electron chi connectivity index (χ2n) is 5.86. The molecular formula is C21H16Cl2N2O2. The van der Waals surface area contributed by atoms with Gasteiger partial charge in [-0.2, -0.15) is 5.26 Å². The predicted octanol–water partition coefficient (Wildman–Crippen LogP) is 5.47. The van der Waals surface area contributed by atoms with E-state index in [9.17, 15) is 10.1 Å². The van der Waals surface area contributed by atoms with Crippen molar-refractivity contribution in [3.63, 3.8) is 0 Å². The number of hydrogen-bond acceptors (Lipinski definition) is 3. The van der Waals surface area contributed by atoms with Gasteiger partial charge in [0.15, 0.2) is 0 Å². The minimum Gasteiger partial charge on any atom is -0.462 e. The molecule has 0 radical (unpaired) electrons. The third kappa shape index (κ3) is 4.16. The van der Waals surface area contributed by atoms with Crippen molar-refractivity contribution in [3.05, 3.63) is 75.4 Å². The van der Waals surface area contributed by atoms with E-state index < -0.39 is 5.97 Å². The highest BCUT2D eigenvalue weighted by atomic mass is 35.5. The highest BCUT2D eigenvalue weighted by Crippen LogP contribution is 2.27. The Balaban J connectivity index is 2.06. The fraction of sp³-hybridized carbons (Fsp3) is 0.143. The summed E-state index contributed by atoms with van der Waals surface area (Å²) in [7, 11) is 0. The summed E-state index contributed by atoms with van der Waals surface area (Å²) in [5.74, 6) is -0.627. The Morgan fingerprint density at radius 1 is 1.26 bits per heavy atom. The Kier molecular flexibility index (Phi) is 5.85. The van der Waals surface area contributed by atoms with Crippen LogP contribution in [0.1, 0.15) is 18.1 Å². The summed E-state index contributed by atoms with van der Waals surface area (Å²) in [6.07, 6.45) is 3.45. The second-order valence-corrected chi connectivity index (χ2v) is 6.70. The lowest BCUT2D eigenvalue weighted by Crippen LogP contribution is -2.05. The first-order valence-electron chi connectivity index (χ1n) is 8.34. The van der Waals surface area contributed by atoms with Gasteiger partial charge in [-0.1, -0.05) is 47.5 Å². The molecule has 0 saturated carbocycles. The first-order chi connectivity index (χ1) is 13.0. The number of benzene rings is 2. The lowest BCUT2D eigenvalue weighted by molar-refractivity contribution is -0.137. The van der Waals surface area contributed by atoms with Crippen molar-refractivity contribution >= 4 is 46.2 Å². The Hall–Kier alpha value is -2.74. The number of fused-ring (bicyclic) bond motifs is 1. The highest BCUT2D eigenvalue weighted by molar-refractivity contribution is 6.35. The van der Waals surface area contributed by atoms with E-state index in [2.05, 4.69) is 0 Å². The van der Waals surface area contributed by atoms with E-state index in [1.807, 2.05) is 47.2 Å². The molecule has 1 aromatic heterocycles. The molecule has 0 aliphatic carbocycles. The number of nitriles is 1. The summed E-state index contributed by atoms with van der Waals surface area (Å²) in [6, 6.07) is 15.1. The van der Waals surface area contributed by atoms with Crippen LogP contribution in [-0.4, -0.2) is 17.1 Å². The first kappa shape index (κ1) is 19.0. The minimum atomic E-state index is -0.627. The van der Waals surface area contributed by atoms with Crippen LogP contribution >= 0.6 is 23.2 Å². The predicted molar refractivity (Wildman–Crippen MR) is 108 cm³/mol. The molecule has 3 aromatic rings. The number of carbonyl (C=O) groups excluding carboxylic acids is 1. The minimum absolute atomic E-state index is 0.0377. The van der Waals surface area contributed by atoms with Gasteiger partial charge in [0.25, 0.3) is 0 Å². The highest BCUT2D eigenvalue weighted by Gasteiger charge is 2.14. The molecule has 1 heterocycles. The van der Waals surface area contributed by atoms with Crippen LogP contribution in [0.5, 0.6) is 0 Å². The molecule has 27 heavy (non-hydrogen) atoms. The molecular weight excluding hydrogens is 383 g/mol. The molecule has 2 aromatic carbocycles. The smallest absolute Gasteiger partial charge is 0.348 e. The van der Waals surface area contributed by atoms with Crippen molar-refractivity contribution in [2.24, 2.45) is 0 Å². The Morgan fingerprint density at radius 3 is 2.74 bits per heavy atom. The molecule has 0 fully saturated rings. The van der Waals surface area contributed by atoms with Gasteiger partial charge in [0, 0.05) is 39.3 Å². The average molecular weight is 399 g/mol. The van der Waals surface area contributed by atoms with Crippen LogP contribution in [0.15, 0.2) is 54.2 Å². The SMILES string of the molecule is CCOC(=O)/C(C#N)=C\c1cn(Cc2ccc(Cl)cc2Cl)c2ccccc12. The number of ether oxygens (including phenoxy) is 1. The summed E-state index contributed by atoms with van der Waals surface area (Å²) in [5, 5.41) is 11.4. The zero-order valence-corrected chi connectivity index (χ0v) is 16.1. The maximum Gasteiger partial charge on any atom is 0.348 e. The monoisotopic (exact) mass is 398 g/mol. The van der Waals surface area contributed by atoms with Crippen molar-refractivity contribution < 1.29 is 9.53 Å². The van der Waals surface area contributed by atoms with Crippen LogP contribution in [-0.2, 0) is 16.1 Å². The van der Waals surface area contributed by atoms with Gasteiger partial charge in [-0.3, -0.25) is 0 Å². The first-order valence-corrected chi connectivity index (χ1v) is 9.09. The fourth-order valence-corrected chi connectivity index (χ4v) is 3.32. The molecule has 0 aliphatic rings. The van der Waals surface area contributed by atoms with Crippen LogP contribution in [0.25, 0.3) is 17.0 Å². The van der Waals surface area contributed by atoms with E-state index in [0.29, 0.717) is 16.6 Å². The largest absolute Gasteiger partial charge is 0.462 e. The number of esters is 1. The van der Waals surface area contributed by atoms with Crippen LogP contribution in [0.4, 0.5) is 0 Å². The topological polar surface area (TPSA) is 55.0 Å². The summed E-state index contributed by atoms with van der Waals surface area (Å²) in [4.78, 5) is 11.9. The van der Waals surface area contributed by atoms with Gasteiger partial charge >= 0.3 is 5.97 Å². The Bertz CT molecular complexity index is 1080. The number of hydrogen-bond donors (Lipinski definition) is 0. The van der Waals surface area contributed by atoms with Crippen molar-refractivity contribution in [1.82, 2.24) is 4.57 Å². The van der Waals surface area contributed by atoms with Crippen molar-refractivity contribution in [1.29, 1.82) is 5.26 Å². The third-order valence-electron chi connectivity index (χ3n) is 4.09. The molecule has 0 atom stereocenters. The summed E-state index contributed by atoms with van der Waals surface area (Å²) in [6.45, 7) is 2.45. The van der Waals surface area contributed by atoms with E-state index in [-0.39, 0.29) is 12.2 Å². The number of para-hydroxylation sites is 1. The van der Waals surface area contributed by atoms with Gasteiger partial charge in [0.05, 0.1) is 6.61 Å². The maximum atomic E-state index is 11.9. The number of aromatic nitrogens is 1. The number of carbonyl (C=O) groups is 1. The maximum absolute atomic E-state index is 11.9. The normalized spacial score (nSPS) is 11.4. The number of halogens is 2. The van der Waals surface area contributed by atoms with Gasteiger partial charge < -0.3 is 9.30 Å². The van der Waals surface area contributed by atoms with Crippen LogP contribution < -0.4 is 0 Å². The standard InChI is InChI=1S/C21H16Cl2N2O2/c1-2-27-21(26)15(11-24)9-16-13-25(20-6-4-3-5-18(16)20)12-14-7-8-17(22)10-19(14)23/h3-10,13H,2,12H2,1H3/b15-9-. The molecule has 0 unspecified atom stereocenters. The van der Waals surface area contributed by atoms with E-state index in [1.54, 1.807) is 25.1 Å². The van der Waals surface area contributed by atoms with E-state index in [1.165, 1.54) is 0 Å². The van der Waals surface area contributed by atoms with Crippen LogP contribution in [0, 0.1) is 11.3 Å². The zero-order chi connectivity index (χ0) is 19.4. The summed E-state index contributed by atoms with van der Waals surface area (Å²) < 4.78 is 6.97. The summed E-state index contributed by atoms with van der Waals surface area (Å²) in [5.41, 5.74) is 2.61. The molecule has 4 nitrogen and oxygen atoms in total. The second kappa shape index (κ2) is 8.30. The molecule has 0 bridgehead atoms. The molecule has 0 amide bonds. The molecule has 6 heteroatoms. The van der Waals surface area contributed by atoms with E-state index in [4.69, 9.17) is 27.9 Å². The van der Waals surface area contributed by atoms with Gasteiger partial charge in [-0.05, 0) is 36.8 Å². The number of rotatable bonds is 5. The van der Waals surface area contributed by atoms with E-state index >= 15 is 0 Å².